The molecule has 1 aromatic heterocycles. The van der Waals surface area contributed by atoms with Crippen molar-refractivity contribution in [2.75, 3.05) is 13.2 Å². The molecule has 0 radical (unpaired) electrons. The SMILES string of the molecule is OCCCc1noc(C2CCCCN2)n1. The van der Waals surface area contributed by atoms with E-state index in [1.54, 1.807) is 0 Å². The van der Waals surface area contributed by atoms with E-state index >= 15 is 0 Å². The van der Waals surface area contributed by atoms with Crippen LogP contribution in [-0.4, -0.2) is 28.4 Å². The maximum absolute atomic E-state index is 8.68. The summed E-state index contributed by atoms with van der Waals surface area (Å²) in [5, 5.41) is 15.9. The highest BCUT2D eigenvalue weighted by Gasteiger charge is 2.20. The second-order valence-electron chi connectivity index (χ2n) is 3.88. The van der Waals surface area contributed by atoms with Crippen LogP contribution in [0, 0.1) is 0 Å². The van der Waals surface area contributed by atoms with E-state index in [-0.39, 0.29) is 12.6 Å². The quantitative estimate of drug-likeness (QED) is 0.771. The Morgan fingerprint density at radius 3 is 3.13 bits per heavy atom. The normalized spacial score (nSPS) is 21.8. The van der Waals surface area contributed by atoms with E-state index in [0.717, 1.165) is 13.0 Å². The minimum absolute atomic E-state index is 0.172. The molecule has 1 unspecified atom stereocenters. The maximum Gasteiger partial charge on any atom is 0.243 e. The lowest BCUT2D eigenvalue weighted by molar-refractivity contribution is 0.284. The molecule has 0 aromatic carbocycles. The van der Waals surface area contributed by atoms with Gasteiger partial charge in [-0.1, -0.05) is 11.6 Å². The Morgan fingerprint density at radius 2 is 2.40 bits per heavy atom. The Balaban J connectivity index is 1.93. The predicted octanol–water partition coefficient (Wildman–Crippen LogP) is 0.809. The van der Waals surface area contributed by atoms with Crippen molar-refractivity contribution in [3.8, 4) is 0 Å². The number of piperidine rings is 1. The second kappa shape index (κ2) is 5.23. The highest BCUT2D eigenvalue weighted by Crippen LogP contribution is 2.21. The van der Waals surface area contributed by atoms with E-state index in [0.29, 0.717) is 24.6 Å². The molecule has 84 valence electrons. The van der Waals surface area contributed by atoms with Gasteiger partial charge in [0.2, 0.25) is 5.89 Å². The highest BCUT2D eigenvalue weighted by molar-refractivity contribution is 4.94. The molecule has 1 aliphatic heterocycles. The van der Waals surface area contributed by atoms with Gasteiger partial charge >= 0.3 is 0 Å². The Labute approximate surface area is 88.9 Å². The molecule has 5 nitrogen and oxygen atoms in total. The number of rotatable bonds is 4. The third-order valence-corrected chi connectivity index (χ3v) is 2.65. The zero-order chi connectivity index (χ0) is 10.5. The first-order chi connectivity index (χ1) is 7.40. The largest absolute Gasteiger partial charge is 0.396 e. The zero-order valence-electron chi connectivity index (χ0n) is 8.78. The number of hydrogen-bond donors (Lipinski definition) is 2. The Morgan fingerprint density at radius 1 is 1.47 bits per heavy atom. The van der Waals surface area contributed by atoms with Gasteiger partial charge in [0.05, 0.1) is 6.04 Å². The van der Waals surface area contributed by atoms with Crippen molar-refractivity contribution in [2.45, 2.75) is 38.1 Å². The third kappa shape index (κ3) is 2.76. The monoisotopic (exact) mass is 211 g/mol. The summed E-state index contributed by atoms with van der Waals surface area (Å²) in [6.07, 6.45) is 4.89. The van der Waals surface area contributed by atoms with Crippen LogP contribution < -0.4 is 5.32 Å². The molecule has 15 heavy (non-hydrogen) atoms. The molecular formula is C10H17N3O2. The van der Waals surface area contributed by atoms with Crippen molar-refractivity contribution in [3.63, 3.8) is 0 Å². The van der Waals surface area contributed by atoms with Crippen LogP contribution in [0.2, 0.25) is 0 Å². The molecule has 1 saturated heterocycles. The van der Waals surface area contributed by atoms with E-state index in [4.69, 9.17) is 9.63 Å². The van der Waals surface area contributed by atoms with Crippen molar-refractivity contribution in [1.82, 2.24) is 15.5 Å². The van der Waals surface area contributed by atoms with E-state index in [9.17, 15) is 0 Å². The molecule has 0 amide bonds. The Bertz CT molecular complexity index is 295. The van der Waals surface area contributed by atoms with Gasteiger partial charge in [-0.05, 0) is 25.8 Å². The lowest BCUT2D eigenvalue weighted by Gasteiger charge is -2.19. The van der Waals surface area contributed by atoms with Gasteiger partial charge in [-0.2, -0.15) is 4.98 Å². The molecule has 1 aliphatic rings. The molecule has 0 spiro atoms. The number of aromatic nitrogens is 2. The summed E-state index contributed by atoms with van der Waals surface area (Å²) >= 11 is 0. The number of nitrogens with one attached hydrogen (secondary N) is 1. The number of aliphatic hydroxyl groups excluding tert-OH is 1. The molecule has 2 heterocycles. The van der Waals surface area contributed by atoms with Gasteiger partial charge in [0.1, 0.15) is 0 Å². The van der Waals surface area contributed by atoms with Crippen molar-refractivity contribution in [1.29, 1.82) is 0 Å². The molecule has 2 rings (SSSR count). The van der Waals surface area contributed by atoms with Crippen LogP contribution in [0.4, 0.5) is 0 Å². The van der Waals surface area contributed by atoms with Crippen molar-refractivity contribution >= 4 is 0 Å². The van der Waals surface area contributed by atoms with Crippen molar-refractivity contribution in [2.24, 2.45) is 0 Å². The highest BCUT2D eigenvalue weighted by atomic mass is 16.5. The summed E-state index contributed by atoms with van der Waals surface area (Å²) in [6.45, 7) is 1.20. The van der Waals surface area contributed by atoms with Crippen LogP contribution in [0.15, 0.2) is 4.52 Å². The zero-order valence-corrected chi connectivity index (χ0v) is 8.78. The van der Waals surface area contributed by atoms with E-state index < -0.39 is 0 Å². The molecule has 1 fully saturated rings. The fourth-order valence-corrected chi connectivity index (χ4v) is 1.81. The van der Waals surface area contributed by atoms with Gasteiger partial charge in [0.25, 0.3) is 0 Å². The molecule has 0 bridgehead atoms. The molecule has 0 saturated carbocycles. The predicted molar refractivity (Wildman–Crippen MR) is 54.3 cm³/mol. The number of aryl methyl sites for hydroxylation is 1. The summed E-state index contributed by atoms with van der Waals surface area (Å²) < 4.78 is 5.20. The van der Waals surface area contributed by atoms with Crippen LogP contribution in [0.1, 0.15) is 43.4 Å². The summed E-state index contributed by atoms with van der Waals surface area (Å²) in [5.74, 6) is 1.40. The van der Waals surface area contributed by atoms with Gasteiger partial charge < -0.3 is 14.9 Å². The summed E-state index contributed by atoms with van der Waals surface area (Å²) in [4.78, 5) is 4.32. The molecule has 5 heteroatoms. The number of nitrogens with zero attached hydrogens (tertiary/aromatic N) is 2. The molecule has 1 atom stereocenters. The lowest BCUT2D eigenvalue weighted by atomic mass is 10.1. The fraction of sp³-hybridized carbons (Fsp3) is 0.800. The first-order valence-corrected chi connectivity index (χ1v) is 5.57. The van der Waals surface area contributed by atoms with Gasteiger partial charge in [0, 0.05) is 13.0 Å². The lowest BCUT2D eigenvalue weighted by Crippen LogP contribution is -2.27. The Kier molecular flexibility index (Phi) is 3.69. The van der Waals surface area contributed by atoms with Crippen molar-refractivity contribution < 1.29 is 9.63 Å². The van der Waals surface area contributed by atoms with Gasteiger partial charge in [-0.15, -0.1) is 0 Å². The van der Waals surface area contributed by atoms with Crippen LogP contribution in [-0.2, 0) is 6.42 Å². The fourth-order valence-electron chi connectivity index (χ4n) is 1.81. The standard InChI is InChI=1S/C10H17N3O2/c14-7-3-5-9-12-10(15-13-9)8-4-1-2-6-11-8/h8,11,14H,1-7H2. The van der Waals surface area contributed by atoms with Gasteiger partial charge in [0.15, 0.2) is 5.82 Å². The molecule has 0 aliphatic carbocycles. The Hall–Kier alpha value is -0.940. The number of hydrogen-bond acceptors (Lipinski definition) is 5. The molecule has 2 N–H and O–H groups in total. The average Bonchev–Trinajstić information content (AvgIpc) is 2.76. The number of aliphatic hydroxyl groups is 1. The third-order valence-electron chi connectivity index (χ3n) is 2.65. The van der Waals surface area contributed by atoms with Crippen LogP contribution in [0.5, 0.6) is 0 Å². The summed E-state index contributed by atoms with van der Waals surface area (Å²) in [5.41, 5.74) is 0. The van der Waals surface area contributed by atoms with Gasteiger partial charge in [-0.25, -0.2) is 0 Å². The average molecular weight is 211 g/mol. The maximum atomic E-state index is 8.68. The van der Waals surface area contributed by atoms with Gasteiger partial charge in [-0.3, -0.25) is 0 Å². The summed E-state index contributed by atoms with van der Waals surface area (Å²) in [6, 6.07) is 0.231. The van der Waals surface area contributed by atoms with Crippen molar-refractivity contribution in [3.05, 3.63) is 11.7 Å². The van der Waals surface area contributed by atoms with Crippen LogP contribution in [0.25, 0.3) is 0 Å². The second-order valence-corrected chi connectivity index (χ2v) is 3.88. The smallest absolute Gasteiger partial charge is 0.243 e. The van der Waals surface area contributed by atoms with E-state index in [2.05, 4.69) is 15.5 Å². The summed E-state index contributed by atoms with van der Waals surface area (Å²) in [7, 11) is 0. The van der Waals surface area contributed by atoms with Crippen LogP contribution >= 0.6 is 0 Å². The van der Waals surface area contributed by atoms with Crippen LogP contribution in [0.3, 0.4) is 0 Å². The van der Waals surface area contributed by atoms with E-state index in [1.807, 2.05) is 0 Å². The molecule has 1 aromatic rings. The van der Waals surface area contributed by atoms with E-state index in [1.165, 1.54) is 12.8 Å². The molecular weight excluding hydrogens is 194 g/mol. The minimum Gasteiger partial charge on any atom is -0.396 e. The minimum atomic E-state index is 0.172. The first kappa shape index (κ1) is 10.6. The first-order valence-electron chi connectivity index (χ1n) is 5.57. The topological polar surface area (TPSA) is 71.2 Å².